The molecule has 118 valence electrons. The highest BCUT2D eigenvalue weighted by atomic mass is 16.6. The normalized spacial score (nSPS) is 13.7. The van der Waals surface area contributed by atoms with E-state index in [2.05, 4.69) is 19.3 Å². The fraction of sp³-hybridized carbons (Fsp3) is 0.588. The maximum absolute atomic E-state index is 11.7. The van der Waals surface area contributed by atoms with E-state index in [1.54, 1.807) is 0 Å². The SMILES string of the molecule is CCCC(C)C(CC(=O)OCC)NOCc1ccccc1. The number of hydrogen-bond acceptors (Lipinski definition) is 4. The summed E-state index contributed by atoms with van der Waals surface area (Å²) in [5.74, 6) is 0.177. The fourth-order valence-electron chi connectivity index (χ4n) is 2.22. The van der Waals surface area contributed by atoms with E-state index in [0.717, 1.165) is 18.4 Å². The Hall–Kier alpha value is -1.39. The zero-order valence-corrected chi connectivity index (χ0v) is 13.3. The molecule has 0 saturated carbocycles. The number of rotatable bonds is 10. The van der Waals surface area contributed by atoms with Gasteiger partial charge >= 0.3 is 5.97 Å². The van der Waals surface area contributed by atoms with Crippen molar-refractivity contribution in [3.05, 3.63) is 35.9 Å². The van der Waals surface area contributed by atoms with Gasteiger partial charge in [-0.05, 0) is 24.8 Å². The van der Waals surface area contributed by atoms with E-state index in [9.17, 15) is 4.79 Å². The summed E-state index contributed by atoms with van der Waals surface area (Å²) < 4.78 is 5.03. The first-order valence-electron chi connectivity index (χ1n) is 7.74. The van der Waals surface area contributed by atoms with Crippen LogP contribution in [0.3, 0.4) is 0 Å². The van der Waals surface area contributed by atoms with Crippen molar-refractivity contribution >= 4 is 5.97 Å². The Balaban J connectivity index is 2.45. The molecule has 1 N–H and O–H groups in total. The van der Waals surface area contributed by atoms with E-state index >= 15 is 0 Å². The van der Waals surface area contributed by atoms with Crippen LogP contribution in [-0.4, -0.2) is 18.6 Å². The summed E-state index contributed by atoms with van der Waals surface area (Å²) >= 11 is 0. The molecule has 0 saturated heterocycles. The van der Waals surface area contributed by atoms with Crippen LogP contribution in [0, 0.1) is 5.92 Å². The minimum atomic E-state index is -0.179. The maximum Gasteiger partial charge on any atom is 0.307 e. The first-order chi connectivity index (χ1) is 10.2. The number of hydroxylamine groups is 1. The van der Waals surface area contributed by atoms with Crippen LogP contribution >= 0.6 is 0 Å². The molecule has 1 rings (SSSR count). The van der Waals surface area contributed by atoms with Gasteiger partial charge in [-0.2, -0.15) is 5.48 Å². The van der Waals surface area contributed by atoms with Crippen molar-refractivity contribution < 1.29 is 14.4 Å². The topological polar surface area (TPSA) is 47.6 Å². The number of hydrogen-bond donors (Lipinski definition) is 1. The van der Waals surface area contributed by atoms with Crippen molar-refractivity contribution in [2.45, 2.75) is 52.7 Å². The van der Waals surface area contributed by atoms with E-state index in [0.29, 0.717) is 25.6 Å². The molecule has 0 heterocycles. The van der Waals surface area contributed by atoms with Crippen molar-refractivity contribution in [3.8, 4) is 0 Å². The van der Waals surface area contributed by atoms with Gasteiger partial charge in [-0.15, -0.1) is 0 Å². The lowest BCUT2D eigenvalue weighted by Gasteiger charge is -2.23. The molecule has 4 heteroatoms. The molecular formula is C17H27NO3. The minimum absolute atomic E-state index is 0.0206. The molecule has 0 amide bonds. The highest BCUT2D eigenvalue weighted by molar-refractivity contribution is 5.70. The van der Waals surface area contributed by atoms with Gasteiger partial charge in [-0.25, -0.2) is 0 Å². The van der Waals surface area contributed by atoms with Crippen molar-refractivity contribution in [2.75, 3.05) is 6.61 Å². The zero-order chi connectivity index (χ0) is 15.5. The van der Waals surface area contributed by atoms with Crippen molar-refractivity contribution in [1.29, 1.82) is 0 Å². The molecule has 0 fully saturated rings. The first kappa shape index (κ1) is 17.7. The van der Waals surface area contributed by atoms with Crippen LogP contribution in [0.4, 0.5) is 0 Å². The molecule has 0 spiro atoms. The van der Waals surface area contributed by atoms with Gasteiger partial charge in [0.2, 0.25) is 0 Å². The predicted molar refractivity (Wildman–Crippen MR) is 83.5 cm³/mol. The Morgan fingerprint density at radius 1 is 1.24 bits per heavy atom. The predicted octanol–water partition coefficient (Wildman–Crippen LogP) is 3.47. The second-order valence-electron chi connectivity index (χ2n) is 5.27. The summed E-state index contributed by atoms with van der Waals surface area (Å²) in [6.07, 6.45) is 2.47. The second kappa shape index (κ2) is 10.4. The number of carbonyl (C=O) groups excluding carboxylic acids is 1. The monoisotopic (exact) mass is 293 g/mol. The molecule has 0 bridgehead atoms. The Kier molecular flexibility index (Phi) is 8.71. The van der Waals surface area contributed by atoms with Crippen LogP contribution in [0.2, 0.25) is 0 Å². The second-order valence-corrected chi connectivity index (χ2v) is 5.27. The van der Waals surface area contributed by atoms with Crippen LogP contribution in [0.5, 0.6) is 0 Å². The summed E-state index contributed by atoms with van der Waals surface area (Å²) in [6.45, 7) is 6.99. The lowest BCUT2D eigenvalue weighted by Crippen LogP contribution is -2.37. The Morgan fingerprint density at radius 3 is 2.57 bits per heavy atom. The van der Waals surface area contributed by atoms with Gasteiger partial charge in [-0.3, -0.25) is 9.63 Å². The van der Waals surface area contributed by atoms with Crippen LogP contribution in [-0.2, 0) is 21.0 Å². The fourth-order valence-corrected chi connectivity index (χ4v) is 2.22. The molecule has 2 unspecified atom stereocenters. The van der Waals surface area contributed by atoms with Crippen LogP contribution in [0.25, 0.3) is 0 Å². The molecule has 0 aromatic heterocycles. The number of nitrogens with one attached hydrogen (secondary N) is 1. The summed E-state index contributed by atoms with van der Waals surface area (Å²) in [4.78, 5) is 17.2. The average Bonchev–Trinajstić information content (AvgIpc) is 2.48. The number of esters is 1. The molecule has 0 aliphatic rings. The van der Waals surface area contributed by atoms with Crippen LogP contribution in [0.1, 0.15) is 45.6 Å². The van der Waals surface area contributed by atoms with E-state index in [-0.39, 0.29) is 12.0 Å². The van der Waals surface area contributed by atoms with E-state index in [4.69, 9.17) is 9.57 Å². The Labute approximate surface area is 127 Å². The van der Waals surface area contributed by atoms with Gasteiger partial charge in [0.25, 0.3) is 0 Å². The highest BCUT2D eigenvalue weighted by Gasteiger charge is 2.21. The smallest absolute Gasteiger partial charge is 0.307 e. The third-order valence-corrected chi connectivity index (χ3v) is 3.44. The minimum Gasteiger partial charge on any atom is -0.466 e. The summed E-state index contributed by atoms with van der Waals surface area (Å²) in [5.41, 5.74) is 4.14. The lowest BCUT2D eigenvalue weighted by atomic mass is 9.95. The van der Waals surface area contributed by atoms with Crippen molar-refractivity contribution in [3.63, 3.8) is 0 Å². The van der Waals surface area contributed by atoms with E-state index < -0.39 is 0 Å². The highest BCUT2D eigenvalue weighted by Crippen LogP contribution is 2.15. The molecule has 0 radical (unpaired) electrons. The van der Waals surface area contributed by atoms with Crippen molar-refractivity contribution in [2.24, 2.45) is 5.92 Å². The first-order valence-corrected chi connectivity index (χ1v) is 7.74. The molecular weight excluding hydrogens is 266 g/mol. The summed E-state index contributed by atoms with van der Waals surface area (Å²) in [7, 11) is 0. The van der Waals surface area contributed by atoms with Gasteiger partial charge in [0.15, 0.2) is 0 Å². The molecule has 1 aromatic rings. The van der Waals surface area contributed by atoms with Crippen LogP contribution < -0.4 is 5.48 Å². The number of benzene rings is 1. The summed E-state index contributed by atoms with van der Waals surface area (Å²) in [5, 5.41) is 0. The lowest BCUT2D eigenvalue weighted by molar-refractivity contribution is -0.145. The average molecular weight is 293 g/mol. The largest absolute Gasteiger partial charge is 0.466 e. The maximum atomic E-state index is 11.7. The van der Waals surface area contributed by atoms with Gasteiger partial charge in [-0.1, -0.05) is 50.6 Å². The van der Waals surface area contributed by atoms with E-state index in [1.807, 2.05) is 37.3 Å². The van der Waals surface area contributed by atoms with Gasteiger partial charge < -0.3 is 4.74 Å². The third-order valence-electron chi connectivity index (χ3n) is 3.44. The van der Waals surface area contributed by atoms with Gasteiger partial charge in [0.05, 0.1) is 19.6 Å². The van der Waals surface area contributed by atoms with Crippen molar-refractivity contribution in [1.82, 2.24) is 5.48 Å². The third kappa shape index (κ3) is 7.25. The van der Waals surface area contributed by atoms with Crippen LogP contribution in [0.15, 0.2) is 30.3 Å². The quantitative estimate of drug-likeness (QED) is 0.530. The zero-order valence-electron chi connectivity index (χ0n) is 13.3. The molecule has 0 aliphatic heterocycles. The summed E-state index contributed by atoms with van der Waals surface area (Å²) in [6, 6.07) is 9.94. The number of ether oxygens (including phenoxy) is 1. The van der Waals surface area contributed by atoms with E-state index in [1.165, 1.54) is 0 Å². The van der Waals surface area contributed by atoms with Gasteiger partial charge in [0.1, 0.15) is 0 Å². The molecule has 0 aliphatic carbocycles. The molecule has 1 aromatic carbocycles. The molecule has 2 atom stereocenters. The molecule has 21 heavy (non-hydrogen) atoms. The standard InChI is InChI=1S/C17H27NO3/c1-4-9-14(3)16(12-17(19)20-5-2)18-21-13-15-10-7-6-8-11-15/h6-8,10-11,14,16,18H,4-5,9,12-13H2,1-3H3. The Bertz CT molecular complexity index is 394. The number of carbonyl (C=O) groups is 1. The Morgan fingerprint density at radius 2 is 1.95 bits per heavy atom. The molecule has 4 nitrogen and oxygen atoms in total. The van der Waals surface area contributed by atoms with Gasteiger partial charge in [0, 0.05) is 6.04 Å².